The second-order valence-corrected chi connectivity index (χ2v) is 3.73. The van der Waals surface area contributed by atoms with Gasteiger partial charge in [-0.05, 0) is 25.7 Å². The fourth-order valence-corrected chi connectivity index (χ4v) is 1.46. The standard InChI is InChI=1S/C12H20O4/c1-11(13)14-8-4-2-5-9-15-12-7-3-6-10-16-12/h2,4,12H,3,5-10H2,1H3/b4-2+. The molecule has 4 heteroatoms. The van der Waals surface area contributed by atoms with E-state index in [-0.39, 0.29) is 12.3 Å². The molecule has 1 heterocycles. The van der Waals surface area contributed by atoms with E-state index in [4.69, 9.17) is 14.2 Å². The third kappa shape index (κ3) is 6.58. The Balaban J connectivity index is 1.92. The lowest BCUT2D eigenvalue weighted by Crippen LogP contribution is -2.22. The summed E-state index contributed by atoms with van der Waals surface area (Å²) in [6.45, 7) is 3.21. The van der Waals surface area contributed by atoms with Crippen molar-refractivity contribution in [2.24, 2.45) is 0 Å². The Labute approximate surface area is 96.6 Å². The zero-order valence-corrected chi connectivity index (χ0v) is 9.81. The molecule has 0 radical (unpaired) electrons. The van der Waals surface area contributed by atoms with Crippen LogP contribution in [0.5, 0.6) is 0 Å². The first-order valence-corrected chi connectivity index (χ1v) is 5.80. The van der Waals surface area contributed by atoms with Crippen LogP contribution in [-0.2, 0) is 19.0 Å². The van der Waals surface area contributed by atoms with Gasteiger partial charge in [0.2, 0.25) is 0 Å². The van der Waals surface area contributed by atoms with E-state index >= 15 is 0 Å². The van der Waals surface area contributed by atoms with Gasteiger partial charge in [-0.25, -0.2) is 0 Å². The van der Waals surface area contributed by atoms with Gasteiger partial charge in [-0.15, -0.1) is 0 Å². The monoisotopic (exact) mass is 228 g/mol. The largest absolute Gasteiger partial charge is 0.462 e. The van der Waals surface area contributed by atoms with Gasteiger partial charge < -0.3 is 14.2 Å². The average molecular weight is 228 g/mol. The van der Waals surface area contributed by atoms with Crippen molar-refractivity contribution in [2.75, 3.05) is 19.8 Å². The predicted molar refractivity (Wildman–Crippen MR) is 59.9 cm³/mol. The second-order valence-electron chi connectivity index (χ2n) is 3.73. The number of hydrogen-bond donors (Lipinski definition) is 0. The lowest BCUT2D eigenvalue weighted by molar-refractivity contribution is -0.161. The lowest BCUT2D eigenvalue weighted by Gasteiger charge is -2.22. The molecule has 1 aliphatic rings. The van der Waals surface area contributed by atoms with E-state index in [2.05, 4.69) is 0 Å². The van der Waals surface area contributed by atoms with Gasteiger partial charge >= 0.3 is 5.97 Å². The van der Waals surface area contributed by atoms with Gasteiger partial charge in [-0.2, -0.15) is 0 Å². The molecular weight excluding hydrogens is 208 g/mol. The molecule has 0 aromatic heterocycles. The number of rotatable bonds is 6. The van der Waals surface area contributed by atoms with E-state index in [9.17, 15) is 4.79 Å². The van der Waals surface area contributed by atoms with Crippen LogP contribution >= 0.6 is 0 Å². The second kappa shape index (κ2) is 8.30. The van der Waals surface area contributed by atoms with Crippen LogP contribution in [0, 0.1) is 0 Å². The van der Waals surface area contributed by atoms with E-state index in [0.29, 0.717) is 13.2 Å². The first-order chi connectivity index (χ1) is 7.79. The van der Waals surface area contributed by atoms with Crippen LogP contribution in [0.3, 0.4) is 0 Å². The summed E-state index contributed by atoms with van der Waals surface area (Å²) in [7, 11) is 0. The molecule has 0 aromatic rings. The molecule has 0 spiro atoms. The van der Waals surface area contributed by atoms with E-state index in [1.807, 2.05) is 12.2 Å². The topological polar surface area (TPSA) is 44.8 Å². The molecule has 1 saturated heterocycles. The summed E-state index contributed by atoms with van der Waals surface area (Å²) in [5.41, 5.74) is 0. The minimum atomic E-state index is -0.253. The molecule has 0 N–H and O–H groups in total. The van der Waals surface area contributed by atoms with E-state index in [0.717, 1.165) is 25.9 Å². The molecule has 0 amide bonds. The summed E-state index contributed by atoms with van der Waals surface area (Å²) in [6.07, 6.45) is 7.90. The quantitative estimate of drug-likeness (QED) is 0.396. The number of ether oxygens (including phenoxy) is 3. The Bertz CT molecular complexity index is 219. The molecule has 0 aliphatic carbocycles. The Morgan fingerprint density at radius 1 is 1.44 bits per heavy atom. The van der Waals surface area contributed by atoms with Crippen molar-refractivity contribution in [1.82, 2.24) is 0 Å². The highest BCUT2D eigenvalue weighted by Crippen LogP contribution is 2.13. The molecule has 0 saturated carbocycles. The van der Waals surface area contributed by atoms with E-state index in [1.54, 1.807) is 0 Å². The predicted octanol–water partition coefficient (Wildman–Crippen LogP) is 2.04. The number of carbonyl (C=O) groups excluding carboxylic acids is 1. The molecule has 92 valence electrons. The molecule has 16 heavy (non-hydrogen) atoms. The van der Waals surface area contributed by atoms with Crippen LogP contribution in [-0.4, -0.2) is 32.1 Å². The van der Waals surface area contributed by atoms with Crippen LogP contribution < -0.4 is 0 Å². The molecular formula is C12H20O4. The molecule has 1 atom stereocenters. The number of esters is 1. The smallest absolute Gasteiger partial charge is 0.302 e. The van der Waals surface area contributed by atoms with Crippen molar-refractivity contribution in [2.45, 2.75) is 38.9 Å². The Morgan fingerprint density at radius 2 is 2.31 bits per heavy atom. The summed E-state index contributed by atoms with van der Waals surface area (Å²) < 4.78 is 15.7. The maximum Gasteiger partial charge on any atom is 0.302 e. The van der Waals surface area contributed by atoms with Crippen LogP contribution in [0.15, 0.2) is 12.2 Å². The summed E-state index contributed by atoms with van der Waals surface area (Å²) in [6, 6.07) is 0. The van der Waals surface area contributed by atoms with Gasteiger partial charge in [0.1, 0.15) is 6.61 Å². The molecule has 1 unspecified atom stereocenters. The summed E-state index contributed by atoms with van der Waals surface area (Å²) in [5.74, 6) is -0.253. The molecule has 0 aromatic carbocycles. The van der Waals surface area contributed by atoms with Crippen molar-refractivity contribution in [3.63, 3.8) is 0 Å². The lowest BCUT2D eigenvalue weighted by atomic mass is 10.2. The first kappa shape index (κ1) is 13.2. The normalized spacial score (nSPS) is 21.2. The average Bonchev–Trinajstić information content (AvgIpc) is 2.29. The molecule has 4 nitrogen and oxygen atoms in total. The third-order valence-corrected chi connectivity index (χ3v) is 2.28. The van der Waals surface area contributed by atoms with Crippen LogP contribution in [0.4, 0.5) is 0 Å². The first-order valence-electron chi connectivity index (χ1n) is 5.80. The van der Waals surface area contributed by atoms with E-state index < -0.39 is 0 Å². The van der Waals surface area contributed by atoms with Gasteiger partial charge in [0.15, 0.2) is 6.29 Å². The molecule has 1 fully saturated rings. The fraction of sp³-hybridized carbons (Fsp3) is 0.750. The number of hydrogen-bond acceptors (Lipinski definition) is 4. The van der Waals surface area contributed by atoms with Gasteiger partial charge in [0.25, 0.3) is 0 Å². The third-order valence-electron chi connectivity index (χ3n) is 2.28. The van der Waals surface area contributed by atoms with Crippen molar-refractivity contribution in [3.8, 4) is 0 Å². The highest BCUT2D eigenvalue weighted by molar-refractivity contribution is 5.65. The SMILES string of the molecule is CC(=O)OC/C=C/CCOC1CCCCO1. The Hall–Kier alpha value is -0.870. The summed E-state index contributed by atoms with van der Waals surface area (Å²) in [5, 5.41) is 0. The van der Waals surface area contributed by atoms with Crippen molar-refractivity contribution in [1.29, 1.82) is 0 Å². The fourth-order valence-electron chi connectivity index (χ4n) is 1.46. The summed E-state index contributed by atoms with van der Waals surface area (Å²) in [4.78, 5) is 10.4. The zero-order chi connectivity index (χ0) is 11.6. The highest BCUT2D eigenvalue weighted by atomic mass is 16.7. The minimum absolute atomic E-state index is 0.0179. The molecule has 1 rings (SSSR count). The zero-order valence-electron chi connectivity index (χ0n) is 9.81. The van der Waals surface area contributed by atoms with Gasteiger partial charge in [0, 0.05) is 13.5 Å². The van der Waals surface area contributed by atoms with Crippen LogP contribution in [0.2, 0.25) is 0 Å². The maximum atomic E-state index is 10.4. The van der Waals surface area contributed by atoms with Crippen LogP contribution in [0.1, 0.15) is 32.6 Å². The van der Waals surface area contributed by atoms with E-state index in [1.165, 1.54) is 13.3 Å². The molecule has 0 bridgehead atoms. The summed E-state index contributed by atoms with van der Waals surface area (Å²) >= 11 is 0. The van der Waals surface area contributed by atoms with Crippen molar-refractivity contribution >= 4 is 5.97 Å². The number of carbonyl (C=O) groups is 1. The van der Waals surface area contributed by atoms with Crippen molar-refractivity contribution in [3.05, 3.63) is 12.2 Å². The van der Waals surface area contributed by atoms with Gasteiger partial charge in [0.05, 0.1) is 6.61 Å². The van der Waals surface area contributed by atoms with Crippen LogP contribution in [0.25, 0.3) is 0 Å². The van der Waals surface area contributed by atoms with Crippen molar-refractivity contribution < 1.29 is 19.0 Å². The van der Waals surface area contributed by atoms with Gasteiger partial charge in [-0.1, -0.05) is 12.2 Å². The minimum Gasteiger partial charge on any atom is -0.462 e. The Morgan fingerprint density at radius 3 is 3.00 bits per heavy atom. The Kier molecular flexibility index (Phi) is 6.85. The highest BCUT2D eigenvalue weighted by Gasteiger charge is 2.12. The van der Waals surface area contributed by atoms with Gasteiger partial charge in [-0.3, -0.25) is 4.79 Å². The molecule has 1 aliphatic heterocycles. The maximum absolute atomic E-state index is 10.4.